The van der Waals surface area contributed by atoms with E-state index in [9.17, 15) is 15.0 Å². The monoisotopic (exact) mass is 292 g/mol. The third-order valence-electron chi connectivity index (χ3n) is 3.84. The highest BCUT2D eigenvalue weighted by Crippen LogP contribution is 2.40. The second kappa shape index (κ2) is 5.53. The van der Waals surface area contributed by atoms with E-state index in [0.29, 0.717) is 17.4 Å². The van der Waals surface area contributed by atoms with Gasteiger partial charge in [-0.05, 0) is 17.9 Å². The zero-order valence-corrected chi connectivity index (χ0v) is 12.2. The van der Waals surface area contributed by atoms with Crippen molar-refractivity contribution in [3.63, 3.8) is 0 Å². The highest BCUT2D eigenvalue weighted by molar-refractivity contribution is 6.07. The van der Waals surface area contributed by atoms with Crippen molar-refractivity contribution < 1.29 is 15.0 Å². The van der Waals surface area contributed by atoms with Crippen LogP contribution in [0.1, 0.15) is 28.4 Å². The number of rotatable bonds is 3. The minimum atomic E-state index is -0.352. The van der Waals surface area contributed by atoms with E-state index in [1.54, 1.807) is 12.1 Å². The van der Waals surface area contributed by atoms with Crippen LogP contribution in [0, 0.1) is 0 Å². The number of carbonyl (C=O) groups excluding carboxylic acids is 1. The maximum Gasteiger partial charge on any atom is 0.167 e. The third-order valence-corrected chi connectivity index (χ3v) is 3.84. The Morgan fingerprint density at radius 1 is 0.864 bits per heavy atom. The number of phenols is 2. The Morgan fingerprint density at radius 2 is 1.45 bits per heavy atom. The minimum Gasteiger partial charge on any atom is -0.507 e. The molecule has 3 aromatic rings. The molecule has 0 aliphatic carbocycles. The predicted octanol–water partition coefficient (Wildman–Crippen LogP) is 4.04. The number of Topliss-reactive ketones (excluding diaryl/α,β-unsaturated/α-hetero) is 1. The lowest BCUT2D eigenvalue weighted by Crippen LogP contribution is -2.00. The van der Waals surface area contributed by atoms with Gasteiger partial charge in [-0.1, -0.05) is 54.6 Å². The van der Waals surface area contributed by atoms with Crippen molar-refractivity contribution in [3.8, 4) is 11.5 Å². The number of aromatic hydroxyl groups is 2. The zero-order chi connectivity index (χ0) is 15.7. The van der Waals surface area contributed by atoms with Crippen LogP contribution >= 0.6 is 0 Å². The molecule has 0 saturated heterocycles. The Hall–Kier alpha value is -2.81. The zero-order valence-electron chi connectivity index (χ0n) is 12.2. The molecule has 0 bridgehead atoms. The van der Waals surface area contributed by atoms with E-state index in [0.717, 1.165) is 10.9 Å². The van der Waals surface area contributed by atoms with Crippen molar-refractivity contribution in [2.45, 2.75) is 13.3 Å². The summed E-state index contributed by atoms with van der Waals surface area (Å²) in [5, 5.41) is 22.2. The Bertz CT molecular complexity index is 851. The van der Waals surface area contributed by atoms with Crippen molar-refractivity contribution in [1.29, 1.82) is 0 Å². The summed E-state index contributed by atoms with van der Waals surface area (Å²) in [5.41, 5.74) is 1.68. The third kappa shape index (κ3) is 2.31. The minimum absolute atomic E-state index is 0.00960. The van der Waals surface area contributed by atoms with E-state index in [1.807, 2.05) is 42.5 Å². The Balaban J connectivity index is 2.30. The maximum atomic E-state index is 11.8. The van der Waals surface area contributed by atoms with E-state index in [-0.39, 0.29) is 22.8 Å². The molecular weight excluding hydrogens is 276 g/mol. The molecule has 0 radical (unpaired) electrons. The van der Waals surface area contributed by atoms with Crippen molar-refractivity contribution in [2.24, 2.45) is 0 Å². The number of benzene rings is 3. The molecular formula is C19H16O3. The van der Waals surface area contributed by atoms with Crippen molar-refractivity contribution in [1.82, 2.24) is 0 Å². The summed E-state index contributed by atoms with van der Waals surface area (Å²) in [4.78, 5) is 11.8. The van der Waals surface area contributed by atoms with Crippen LogP contribution in [0.25, 0.3) is 10.8 Å². The molecule has 0 aromatic heterocycles. The lowest BCUT2D eigenvalue weighted by Gasteiger charge is -2.15. The number of hydrogen-bond acceptors (Lipinski definition) is 3. The van der Waals surface area contributed by atoms with Crippen LogP contribution in [0.3, 0.4) is 0 Å². The molecule has 0 spiro atoms. The van der Waals surface area contributed by atoms with Gasteiger partial charge in [0.25, 0.3) is 0 Å². The summed E-state index contributed by atoms with van der Waals surface area (Å²) in [6, 6.07) is 17.0. The lowest BCUT2D eigenvalue weighted by atomic mass is 9.92. The van der Waals surface area contributed by atoms with Crippen LogP contribution in [0.5, 0.6) is 11.5 Å². The van der Waals surface area contributed by atoms with Crippen LogP contribution in [-0.2, 0) is 6.42 Å². The summed E-state index contributed by atoms with van der Waals surface area (Å²) < 4.78 is 0. The van der Waals surface area contributed by atoms with Crippen LogP contribution < -0.4 is 0 Å². The fourth-order valence-electron chi connectivity index (χ4n) is 2.79. The van der Waals surface area contributed by atoms with Gasteiger partial charge < -0.3 is 10.2 Å². The molecule has 22 heavy (non-hydrogen) atoms. The summed E-state index contributed by atoms with van der Waals surface area (Å²) >= 11 is 0. The largest absolute Gasteiger partial charge is 0.507 e. The van der Waals surface area contributed by atoms with E-state index in [4.69, 9.17) is 0 Å². The number of hydrogen-bond donors (Lipinski definition) is 2. The molecule has 0 unspecified atom stereocenters. The van der Waals surface area contributed by atoms with Gasteiger partial charge in [0, 0.05) is 17.4 Å². The van der Waals surface area contributed by atoms with E-state index in [2.05, 4.69) is 0 Å². The van der Waals surface area contributed by atoms with E-state index >= 15 is 0 Å². The van der Waals surface area contributed by atoms with Crippen LogP contribution in [-0.4, -0.2) is 16.0 Å². The quantitative estimate of drug-likeness (QED) is 0.716. The van der Waals surface area contributed by atoms with Crippen LogP contribution in [0.4, 0.5) is 0 Å². The average molecular weight is 292 g/mol. The standard InChI is InChI=1S/C19H16O3/c1-12(20)17-18(21)15-10-6-5-9-14(15)16(19(17)22)11-13-7-3-2-4-8-13/h2-10,21-22H,11H2,1H3. The van der Waals surface area contributed by atoms with E-state index in [1.165, 1.54) is 6.92 Å². The fraction of sp³-hybridized carbons (Fsp3) is 0.105. The smallest absolute Gasteiger partial charge is 0.167 e. The molecule has 0 atom stereocenters. The molecule has 0 fully saturated rings. The van der Waals surface area contributed by atoms with Gasteiger partial charge in [-0.3, -0.25) is 4.79 Å². The summed E-state index contributed by atoms with van der Waals surface area (Å²) in [6.07, 6.45) is 0.494. The Labute approximate surface area is 128 Å². The number of ketones is 1. The Morgan fingerprint density at radius 3 is 2.09 bits per heavy atom. The van der Waals surface area contributed by atoms with Gasteiger partial charge in [0.15, 0.2) is 5.78 Å². The second-order valence-corrected chi connectivity index (χ2v) is 5.31. The highest BCUT2D eigenvalue weighted by Gasteiger charge is 2.21. The van der Waals surface area contributed by atoms with Gasteiger partial charge in [0.2, 0.25) is 0 Å². The predicted molar refractivity (Wildman–Crippen MR) is 86.5 cm³/mol. The summed E-state index contributed by atoms with van der Waals surface area (Å²) in [6.45, 7) is 1.34. The van der Waals surface area contributed by atoms with Gasteiger partial charge in [-0.25, -0.2) is 0 Å². The summed E-state index contributed by atoms with van der Waals surface area (Å²) in [5.74, 6) is -0.639. The molecule has 3 rings (SSSR count). The molecule has 3 heteroatoms. The van der Waals surface area contributed by atoms with Crippen LogP contribution in [0.2, 0.25) is 0 Å². The first-order valence-corrected chi connectivity index (χ1v) is 7.10. The Kier molecular flexibility index (Phi) is 3.55. The number of phenolic OH excluding ortho intramolecular Hbond substituents is 2. The van der Waals surface area contributed by atoms with E-state index < -0.39 is 0 Å². The topological polar surface area (TPSA) is 57.5 Å². The normalized spacial score (nSPS) is 10.8. The van der Waals surface area contributed by atoms with Crippen LogP contribution in [0.15, 0.2) is 54.6 Å². The maximum absolute atomic E-state index is 11.8. The molecule has 3 aromatic carbocycles. The molecule has 2 N–H and O–H groups in total. The molecule has 0 saturated carbocycles. The second-order valence-electron chi connectivity index (χ2n) is 5.31. The molecule has 3 nitrogen and oxygen atoms in total. The fourth-order valence-corrected chi connectivity index (χ4v) is 2.79. The van der Waals surface area contributed by atoms with Crippen molar-refractivity contribution >= 4 is 16.6 Å². The first-order chi connectivity index (χ1) is 10.6. The average Bonchev–Trinajstić information content (AvgIpc) is 2.52. The lowest BCUT2D eigenvalue weighted by molar-refractivity contribution is 0.101. The van der Waals surface area contributed by atoms with Gasteiger partial charge in [-0.15, -0.1) is 0 Å². The summed E-state index contributed by atoms with van der Waals surface area (Å²) in [7, 11) is 0. The molecule has 0 aliphatic heterocycles. The highest BCUT2D eigenvalue weighted by atomic mass is 16.3. The van der Waals surface area contributed by atoms with Gasteiger partial charge in [0.1, 0.15) is 17.1 Å². The first kappa shape index (κ1) is 14.1. The van der Waals surface area contributed by atoms with Gasteiger partial charge in [-0.2, -0.15) is 0 Å². The van der Waals surface area contributed by atoms with Crippen molar-refractivity contribution in [3.05, 3.63) is 71.3 Å². The van der Waals surface area contributed by atoms with Gasteiger partial charge in [0.05, 0.1) is 0 Å². The SMILES string of the molecule is CC(=O)c1c(O)c(Cc2ccccc2)c2ccccc2c1O. The number of fused-ring (bicyclic) bond motifs is 1. The molecule has 0 amide bonds. The van der Waals surface area contributed by atoms with Gasteiger partial charge >= 0.3 is 0 Å². The first-order valence-electron chi connectivity index (χ1n) is 7.10. The molecule has 0 heterocycles. The molecule has 0 aliphatic rings. The number of carbonyl (C=O) groups is 1. The van der Waals surface area contributed by atoms with Crippen molar-refractivity contribution in [2.75, 3.05) is 0 Å². The molecule has 110 valence electrons.